The fraction of sp³-hybridized carbons (Fsp3) is 0.118. The zero-order valence-corrected chi connectivity index (χ0v) is 13.7. The second kappa shape index (κ2) is 7.55. The van der Waals surface area contributed by atoms with Crippen molar-refractivity contribution in [2.24, 2.45) is 0 Å². The molecule has 0 atom stereocenters. The van der Waals surface area contributed by atoms with E-state index in [0.29, 0.717) is 17.2 Å². The minimum Gasteiger partial charge on any atom is -0.454 e. The number of pyridine rings is 1. The van der Waals surface area contributed by atoms with E-state index in [-0.39, 0.29) is 24.1 Å². The number of ether oxygens (including phenoxy) is 2. The molecule has 0 saturated carbocycles. The van der Waals surface area contributed by atoms with Gasteiger partial charge in [-0.3, -0.25) is 4.79 Å². The van der Waals surface area contributed by atoms with Crippen LogP contribution in [0.1, 0.15) is 5.56 Å². The Hall–Kier alpha value is -3.24. The van der Waals surface area contributed by atoms with Crippen LogP contribution in [-0.2, 0) is 11.3 Å². The number of hydrogen-bond donors (Lipinski definition) is 2. The summed E-state index contributed by atoms with van der Waals surface area (Å²) in [7, 11) is 0. The lowest BCUT2D eigenvalue weighted by Crippen LogP contribution is -2.24. The molecule has 25 heavy (non-hydrogen) atoms. The molecule has 1 aromatic heterocycles. The Kier molecular flexibility index (Phi) is 5.02. The van der Waals surface area contributed by atoms with Gasteiger partial charge < -0.3 is 20.1 Å². The summed E-state index contributed by atoms with van der Waals surface area (Å²) < 4.78 is 10.5. The van der Waals surface area contributed by atoms with Crippen molar-refractivity contribution in [2.45, 2.75) is 6.54 Å². The summed E-state index contributed by atoms with van der Waals surface area (Å²) in [5.74, 6) is 0.800. The van der Waals surface area contributed by atoms with Crippen LogP contribution < -0.4 is 20.1 Å². The number of nitrogens with one attached hydrogen (secondary N) is 2. The van der Waals surface area contributed by atoms with Gasteiger partial charge in [0.15, 0.2) is 16.7 Å². The third-order valence-corrected chi connectivity index (χ3v) is 3.69. The van der Waals surface area contributed by atoms with Gasteiger partial charge in [-0.2, -0.15) is 5.26 Å². The average Bonchev–Trinajstić information content (AvgIpc) is 3.09. The number of benzene rings is 1. The Morgan fingerprint density at radius 1 is 1.36 bits per heavy atom. The number of anilines is 1. The molecule has 2 N–H and O–H groups in total. The molecule has 2 aromatic rings. The molecule has 0 unspecified atom stereocenters. The Bertz CT molecular complexity index is 876. The highest BCUT2D eigenvalue weighted by Gasteiger charge is 2.14. The summed E-state index contributed by atoms with van der Waals surface area (Å²) in [6.45, 7) is 0.442. The van der Waals surface area contributed by atoms with Crippen LogP contribution in [0.5, 0.6) is 11.5 Å². The smallest absolute Gasteiger partial charge is 0.263 e. The quantitative estimate of drug-likeness (QED) is 0.485. The normalized spacial score (nSPS) is 12.4. The number of halogens is 1. The number of carbonyl (C=O) groups is 1. The van der Waals surface area contributed by atoms with Crippen molar-refractivity contribution in [3.63, 3.8) is 0 Å². The lowest BCUT2D eigenvalue weighted by Gasteiger charge is -2.06. The van der Waals surface area contributed by atoms with E-state index >= 15 is 0 Å². The van der Waals surface area contributed by atoms with Gasteiger partial charge in [0.25, 0.3) is 5.91 Å². The van der Waals surface area contributed by atoms with E-state index in [0.717, 1.165) is 5.56 Å². The van der Waals surface area contributed by atoms with Gasteiger partial charge >= 0.3 is 0 Å². The van der Waals surface area contributed by atoms with Gasteiger partial charge in [-0.1, -0.05) is 17.7 Å². The molecule has 1 aromatic carbocycles. The first-order valence-corrected chi connectivity index (χ1v) is 7.69. The summed E-state index contributed by atoms with van der Waals surface area (Å²) in [5.41, 5.74) is 1.25. The van der Waals surface area contributed by atoms with E-state index < -0.39 is 5.91 Å². The van der Waals surface area contributed by atoms with Gasteiger partial charge in [0.1, 0.15) is 11.6 Å². The van der Waals surface area contributed by atoms with Crippen LogP contribution in [0.3, 0.4) is 0 Å². The molecular weight excluding hydrogens is 344 g/mol. The molecule has 0 radical (unpaired) electrons. The molecule has 7 nitrogen and oxygen atoms in total. The molecule has 1 aliphatic rings. The molecule has 8 heteroatoms. The van der Waals surface area contributed by atoms with Crippen LogP contribution in [0.25, 0.3) is 0 Å². The van der Waals surface area contributed by atoms with Gasteiger partial charge in [-0.15, -0.1) is 0 Å². The molecule has 1 aliphatic heterocycles. The van der Waals surface area contributed by atoms with Crippen LogP contribution in [0.15, 0.2) is 48.3 Å². The molecule has 2 heterocycles. The largest absolute Gasteiger partial charge is 0.454 e. The third kappa shape index (κ3) is 4.00. The van der Waals surface area contributed by atoms with Gasteiger partial charge in [0.05, 0.1) is 5.69 Å². The Morgan fingerprint density at radius 2 is 2.20 bits per heavy atom. The molecule has 0 fully saturated rings. The summed E-state index contributed by atoms with van der Waals surface area (Å²) >= 11 is 5.91. The summed E-state index contributed by atoms with van der Waals surface area (Å²) in [6.07, 6.45) is 2.83. The number of carbonyl (C=O) groups excluding carboxylic acids is 1. The van der Waals surface area contributed by atoms with E-state index in [1.54, 1.807) is 30.5 Å². The minimum atomic E-state index is -0.507. The number of fused-ring (bicyclic) bond motifs is 1. The van der Waals surface area contributed by atoms with Crippen molar-refractivity contribution in [1.29, 1.82) is 5.26 Å². The summed E-state index contributed by atoms with van der Waals surface area (Å²) in [5, 5.41) is 14.9. The van der Waals surface area contributed by atoms with Crippen molar-refractivity contribution >= 4 is 23.2 Å². The Morgan fingerprint density at radius 3 is 3.00 bits per heavy atom. The van der Waals surface area contributed by atoms with E-state index in [1.165, 1.54) is 6.20 Å². The van der Waals surface area contributed by atoms with Crippen molar-refractivity contribution in [2.75, 3.05) is 12.1 Å². The minimum absolute atomic E-state index is 0.0827. The Balaban J connectivity index is 1.62. The zero-order chi connectivity index (χ0) is 17.6. The maximum atomic E-state index is 12.1. The third-order valence-electron chi connectivity index (χ3n) is 3.39. The first-order valence-electron chi connectivity index (χ1n) is 7.31. The number of nitrogens with zero attached hydrogens (tertiary/aromatic N) is 2. The first kappa shape index (κ1) is 16.6. The predicted molar refractivity (Wildman–Crippen MR) is 91.0 cm³/mol. The van der Waals surface area contributed by atoms with E-state index in [9.17, 15) is 4.79 Å². The molecule has 3 rings (SSSR count). The van der Waals surface area contributed by atoms with E-state index in [2.05, 4.69) is 15.6 Å². The lowest BCUT2D eigenvalue weighted by molar-refractivity contribution is -0.117. The fourth-order valence-electron chi connectivity index (χ4n) is 2.12. The van der Waals surface area contributed by atoms with Crippen molar-refractivity contribution in [3.8, 4) is 17.6 Å². The molecular formula is C17H13ClN4O3. The van der Waals surface area contributed by atoms with Crippen LogP contribution in [0.4, 0.5) is 5.69 Å². The topological polar surface area (TPSA) is 96.3 Å². The molecule has 0 bridgehead atoms. The van der Waals surface area contributed by atoms with E-state index in [1.807, 2.05) is 12.1 Å². The molecule has 1 amide bonds. The van der Waals surface area contributed by atoms with E-state index in [4.69, 9.17) is 26.3 Å². The molecule has 126 valence electrons. The second-order valence-electron chi connectivity index (χ2n) is 5.03. The zero-order valence-electron chi connectivity index (χ0n) is 13.0. The summed E-state index contributed by atoms with van der Waals surface area (Å²) in [6, 6.07) is 10.6. The highest BCUT2D eigenvalue weighted by molar-refractivity contribution is 6.32. The number of aromatic nitrogens is 1. The van der Waals surface area contributed by atoms with Gasteiger partial charge in [-0.05, 0) is 29.8 Å². The number of nitriles is 1. The van der Waals surface area contributed by atoms with Crippen molar-refractivity contribution in [1.82, 2.24) is 10.3 Å². The highest BCUT2D eigenvalue weighted by Crippen LogP contribution is 2.32. The Labute approximate surface area is 148 Å². The van der Waals surface area contributed by atoms with Gasteiger partial charge in [0.2, 0.25) is 6.79 Å². The molecule has 0 spiro atoms. The second-order valence-corrected chi connectivity index (χ2v) is 5.38. The fourth-order valence-corrected chi connectivity index (χ4v) is 2.29. The van der Waals surface area contributed by atoms with Crippen LogP contribution in [0.2, 0.25) is 5.15 Å². The van der Waals surface area contributed by atoms with Crippen LogP contribution >= 0.6 is 11.6 Å². The van der Waals surface area contributed by atoms with Gasteiger partial charge in [-0.25, -0.2) is 4.98 Å². The SMILES string of the molecule is N#C/C(=C/Nc1cccnc1Cl)C(=O)NCc1ccc2c(c1)OCO2. The lowest BCUT2D eigenvalue weighted by atomic mass is 10.2. The van der Waals surface area contributed by atoms with Crippen molar-refractivity contribution in [3.05, 3.63) is 59.0 Å². The standard InChI is InChI=1S/C17H13ClN4O3/c18-16-13(2-1-5-20-16)21-9-12(7-19)17(23)22-8-11-3-4-14-15(6-11)25-10-24-14/h1-6,9,21H,8,10H2,(H,22,23)/b12-9-. The van der Waals surface area contributed by atoms with Crippen LogP contribution in [0, 0.1) is 11.3 Å². The monoisotopic (exact) mass is 356 g/mol. The first-order chi connectivity index (χ1) is 12.2. The maximum Gasteiger partial charge on any atom is 0.263 e. The molecule has 0 aliphatic carbocycles. The highest BCUT2D eigenvalue weighted by atomic mass is 35.5. The molecule has 0 saturated heterocycles. The van der Waals surface area contributed by atoms with Gasteiger partial charge in [0, 0.05) is 18.9 Å². The average molecular weight is 357 g/mol. The number of rotatable bonds is 5. The van der Waals surface area contributed by atoms with Crippen molar-refractivity contribution < 1.29 is 14.3 Å². The predicted octanol–water partition coefficient (Wildman–Crippen LogP) is 2.60. The number of hydrogen-bond acceptors (Lipinski definition) is 6. The number of amides is 1. The van der Waals surface area contributed by atoms with Crippen LogP contribution in [-0.4, -0.2) is 17.7 Å². The summed E-state index contributed by atoms with van der Waals surface area (Å²) in [4.78, 5) is 16.0. The maximum absolute atomic E-state index is 12.1.